The Morgan fingerprint density at radius 2 is 1.66 bits per heavy atom. The van der Waals surface area contributed by atoms with Gasteiger partial charge in [0.15, 0.2) is 0 Å². The van der Waals surface area contributed by atoms with Crippen LogP contribution in [0, 0.1) is 17.8 Å². The molecule has 2 rings (SSSR count). The maximum atomic E-state index is 13.0. The average Bonchev–Trinajstić information content (AvgIpc) is 3.03. The molecule has 1 amide bonds. The van der Waals surface area contributed by atoms with E-state index in [0.717, 1.165) is 12.5 Å². The van der Waals surface area contributed by atoms with Gasteiger partial charge in [-0.3, -0.25) is 8.37 Å². The molecule has 0 aromatic rings. The molecule has 1 saturated carbocycles. The molecule has 9 nitrogen and oxygen atoms in total. The summed E-state index contributed by atoms with van der Waals surface area (Å²) in [5.74, 6) is -1.13. The number of hydrogen-bond donors (Lipinski definition) is 0. The maximum absolute atomic E-state index is 13.0. The van der Waals surface area contributed by atoms with E-state index < -0.39 is 55.6 Å². The molecule has 1 aliphatic heterocycles. The third kappa shape index (κ3) is 6.57. The highest BCUT2D eigenvalue weighted by molar-refractivity contribution is 7.86. The van der Waals surface area contributed by atoms with E-state index >= 15 is 0 Å². The fraction of sp³-hybridized carbons (Fsp3) is 0.952. The van der Waals surface area contributed by atoms with Gasteiger partial charge in [-0.2, -0.15) is 16.8 Å². The van der Waals surface area contributed by atoms with Crippen LogP contribution in [-0.2, 0) is 33.3 Å². The van der Waals surface area contributed by atoms with Crippen molar-refractivity contribution in [3.05, 3.63) is 0 Å². The van der Waals surface area contributed by atoms with Gasteiger partial charge in [-0.1, -0.05) is 20.8 Å². The van der Waals surface area contributed by atoms with Crippen LogP contribution < -0.4 is 0 Å². The standard InChI is InChI=1S/C21H39NO8S2/c1-14(2)21(30-32(8,26)27)12-11-15(3)18(29-31(7,24)25)17(21)16-10-9-13-22(16)19(23)28-20(4,5)6/h14-18H,9-13H2,1-8H3. The van der Waals surface area contributed by atoms with Gasteiger partial charge in [-0.05, 0) is 58.3 Å². The van der Waals surface area contributed by atoms with Crippen LogP contribution >= 0.6 is 0 Å². The number of amides is 1. The lowest BCUT2D eigenvalue weighted by molar-refractivity contribution is -0.139. The van der Waals surface area contributed by atoms with E-state index in [4.69, 9.17) is 13.1 Å². The smallest absolute Gasteiger partial charge is 0.410 e. The molecule has 2 aliphatic rings. The Hall–Kier alpha value is -0.910. The quantitative estimate of drug-likeness (QED) is 0.514. The van der Waals surface area contributed by atoms with Crippen LogP contribution in [-0.4, -0.2) is 70.2 Å². The fourth-order valence-corrected chi connectivity index (χ4v) is 6.84. The van der Waals surface area contributed by atoms with Gasteiger partial charge in [-0.15, -0.1) is 0 Å². The predicted octanol–water partition coefficient (Wildman–Crippen LogP) is 3.15. The molecule has 188 valence electrons. The van der Waals surface area contributed by atoms with Gasteiger partial charge < -0.3 is 9.64 Å². The molecule has 0 N–H and O–H groups in total. The highest BCUT2D eigenvalue weighted by Crippen LogP contribution is 2.51. The van der Waals surface area contributed by atoms with Gasteiger partial charge in [0.1, 0.15) is 5.60 Å². The molecule has 1 heterocycles. The second-order valence-electron chi connectivity index (χ2n) is 10.6. The van der Waals surface area contributed by atoms with Gasteiger partial charge in [0.25, 0.3) is 20.2 Å². The van der Waals surface area contributed by atoms with Crippen molar-refractivity contribution < 1.29 is 34.7 Å². The van der Waals surface area contributed by atoms with Crippen molar-refractivity contribution in [3.8, 4) is 0 Å². The third-order valence-electron chi connectivity index (χ3n) is 6.38. The summed E-state index contributed by atoms with van der Waals surface area (Å²) in [6, 6.07) is -0.483. The number of ether oxygens (including phenoxy) is 1. The molecule has 5 atom stereocenters. The molecule has 1 aliphatic carbocycles. The Morgan fingerprint density at radius 3 is 2.12 bits per heavy atom. The van der Waals surface area contributed by atoms with Gasteiger partial charge in [-0.25, -0.2) is 4.79 Å². The first-order valence-corrected chi connectivity index (χ1v) is 14.8. The molecule has 0 aromatic carbocycles. The lowest BCUT2D eigenvalue weighted by Gasteiger charge is -2.54. The first kappa shape index (κ1) is 27.3. The van der Waals surface area contributed by atoms with Gasteiger partial charge in [0, 0.05) is 18.5 Å². The summed E-state index contributed by atoms with van der Waals surface area (Å²) < 4.78 is 66.1. The SMILES string of the molecule is CC1CCC(OS(C)(=O)=O)(C(C)C)C(C2CCCN2C(=O)OC(C)(C)C)C1OS(C)(=O)=O. The zero-order valence-corrected chi connectivity index (χ0v) is 22.1. The van der Waals surface area contributed by atoms with E-state index in [2.05, 4.69) is 0 Å². The molecule has 2 fully saturated rings. The van der Waals surface area contributed by atoms with Crippen LogP contribution in [0.25, 0.3) is 0 Å². The Morgan fingerprint density at radius 1 is 1.06 bits per heavy atom. The predicted molar refractivity (Wildman–Crippen MR) is 121 cm³/mol. The summed E-state index contributed by atoms with van der Waals surface area (Å²) in [6.07, 6.45) is 2.84. The van der Waals surface area contributed by atoms with Crippen molar-refractivity contribution in [2.45, 2.75) is 90.6 Å². The van der Waals surface area contributed by atoms with Gasteiger partial charge in [0.05, 0.1) is 24.2 Å². The second kappa shape index (κ2) is 9.38. The monoisotopic (exact) mass is 497 g/mol. The van der Waals surface area contributed by atoms with Crippen LogP contribution in [0.4, 0.5) is 4.79 Å². The summed E-state index contributed by atoms with van der Waals surface area (Å²) in [5.41, 5.74) is -1.92. The van der Waals surface area contributed by atoms with Crippen molar-refractivity contribution >= 4 is 26.3 Å². The maximum Gasteiger partial charge on any atom is 0.410 e. The van der Waals surface area contributed by atoms with Crippen LogP contribution in [0.3, 0.4) is 0 Å². The van der Waals surface area contributed by atoms with E-state index in [0.29, 0.717) is 32.2 Å². The molecule has 5 unspecified atom stereocenters. The minimum absolute atomic E-state index is 0.175. The molecule has 32 heavy (non-hydrogen) atoms. The van der Waals surface area contributed by atoms with E-state index in [1.54, 1.807) is 25.7 Å². The van der Waals surface area contributed by atoms with Gasteiger partial charge in [0.2, 0.25) is 0 Å². The van der Waals surface area contributed by atoms with Gasteiger partial charge >= 0.3 is 6.09 Å². The second-order valence-corrected chi connectivity index (χ2v) is 13.8. The number of carbonyl (C=O) groups excluding carboxylic acids is 1. The topological polar surface area (TPSA) is 116 Å². The van der Waals surface area contributed by atoms with E-state index in [9.17, 15) is 21.6 Å². The molecular weight excluding hydrogens is 458 g/mol. The number of likely N-dealkylation sites (tertiary alicyclic amines) is 1. The number of hydrogen-bond acceptors (Lipinski definition) is 8. The first-order valence-electron chi connectivity index (χ1n) is 11.1. The average molecular weight is 498 g/mol. The molecule has 0 bridgehead atoms. The van der Waals surface area contributed by atoms with E-state index in [-0.39, 0.29) is 11.8 Å². The van der Waals surface area contributed by atoms with E-state index in [1.807, 2.05) is 20.8 Å². The Bertz CT molecular complexity index is 893. The molecule has 0 spiro atoms. The number of rotatable bonds is 6. The van der Waals surface area contributed by atoms with E-state index in [1.165, 1.54) is 0 Å². The molecule has 1 saturated heterocycles. The fourth-order valence-electron chi connectivity index (χ4n) is 5.18. The molecule has 0 radical (unpaired) electrons. The minimum Gasteiger partial charge on any atom is -0.444 e. The van der Waals surface area contributed by atoms with Crippen LogP contribution in [0.1, 0.15) is 67.2 Å². The molecule has 0 aromatic heterocycles. The zero-order valence-electron chi connectivity index (χ0n) is 20.5. The zero-order chi connectivity index (χ0) is 24.7. The summed E-state index contributed by atoms with van der Waals surface area (Å²) in [7, 11) is -7.73. The minimum atomic E-state index is -3.88. The Labute approximate surface area is 193 Å². The molecular formula is C21H39NO8S2. The lowest BCUT2D eigenvalue weighted by atomic mass is 9.62. The van der Waals surface area contributed by atoms with Crippen molar-refractivity contribution in [2.24, 2.45) is 17.8 Å². The summed E-state index contributed by atoms with van der Waals surface area (Å²) >= 11 is 0. The van der Waals surface area contributed by atoms with Crippen LogP contribution in [0.15, 0.2) is 0 Å². The first-order chi connectivity index (χ1) is 14.4. The summed E-state index contributed by atoms with van der Waals surface area (Å²) in [4.78, 5) is 14.6. The summed E-state index contributed by atoms with van der Waals surface area (Å²) in [5, 5.41) is 0. The Kier molecular flexibility index (Phi) is 8.02. The van der Waals surface area contributed by atoms with Crippen molar-refractivity contribution in [1.82, 2.24) is 4.90 Å². The largest absolute Gasteiger partial charge is 0.444 e. The Balaban J connectivity index is 2.63. The number of nitrogens with zero attached hydrogens (tertiary/aromatic N) is 1. The van der Waals surface area contributed by atoms with Crippen molar-refractivity contribution in [3.63, 3.8) is 0 Å². The lowest BCUT2D eigenvalue weighted by Crippen LogP contribution is -2.63. The van der Waals surface area contributed by atoms with Crippen molar-refractivity contribution in [2.75, 3.05) is 19.1 Å². The highest BCUT2D eigenvalue weighted by Gasteiger charge is 2.59. The number of carbonyl (C=O) groups is 1. The normalized spacial score (nSPS) is 32.3. The third-order valence-corrected chi connectivity index (χ3v) is 7.57. The van der Waals surface area contributed by atoms with Crippen LogP contribution in [0.5, 0.6) is 0 Å². The molecule has 11 heteroatoms. The summed E-state index contributed by atoms with van der Waals surface area (Å²) in [6.45, 7) is 11.4. The van der Waals surface area contributed by atoms with Crippen LogP contribution in [0.2, 0.25) is 0 Å². The van der Waals surface area contributed by atoms with Crippen molar-refractivity contribution in [1.29, 1.82) is 0 Å². The highest BCUT2D eigenvalue weighted by atomic mass is 32.2.